The lowest BCUT2D eigenvalue weighted by Gasteiger charge is -2.26. The molecule has 1 aliphatic rings. The lowest BCUT2D eigenvalue weighted by atomic mass is 10.1. The van der Waals surface area contributed by atoms with Crippen LogP contribution < -0.4 is 21.5 Å². The van der Waals surface area contributed by atoms with Crippen LogP contribution in [-0.2, 0) is 32.6 Å². The molecule has 0 saturated carbocycles. The Bertz CT molecular complexity index is 2610. The number of anilines is 1. The number of amides is 3. The lowest BCUT2D eigenvalue weighted by Crippen LogP contribution is -2.31. The van der Waals surface area contributed by atoms with Crippen LogP contribution in [0, 0.1) is 13.8 Å². The predicted octanol–water partition coefficient (Wildman–Crippen LogP) is 4.22. The van der Waals surface area contributed by atoms with E-state index in [9.17, 15) is 19.2 Å². The molecule has 1 aromatic carbocycles. The summed E-state index contributed by atoms with van der Waals surface area (Å²) in [6.45, 7) is 12.4. The van der Waals surface area contributed by atoms with Gasteiger partial charge in [-0.3, -0.25) is 38.4 Å². The van der Waals surface area contributed by atoms with Crippen LogP contribution in [0.3, 0.4) is 0 Å². The zero-order chi connectivity index (χ0) is 42.5. The summed E-state index contributed by atoms with van der Waals surface area (Å²) in [5, 5.41) is 11.8. The number of benzene rings is 1. The number of aromatic nitrogens is 9. The molecule has 0 aliphatic carbocycles. The number of pyridine rings is 1. The first-order valence-electron chi connectivity index (χ1n) is 20.4. The fourth-order valence-corrected chi connectivity index (χ4v) is 7.67. The van der Waals surface area contributed by atoms with E-state index in [0.29, 0.717) is 70.5 Å². The summed E-state index contributed by atoms with van der Waals surface area (Å²) in [6.07, 6.45) is 9.54. The molecule has 6 heterocycles. The molecule has 7 rings (SSSR count). The number of carbonyl (C=O) groups is 4. The van der Waals surface area contributed by atoms with Crippen LogP contribution in [0.4, 0.5) is 5.95 Å². The largest absolute Gasteiger partial charge is 0.491 e. The molecular weight excluding hydrogens is 767 g/mol. The first-order chi connectivity index (χ1) is 28.9. The van der Waals surface area contributed by atoms with Crippen molar-refractivity contribution in [3.05, 3.63) is 88.4 Å². The van der Waals surface area contributed by atoms with Crippen molar-refractivity contribution in [2.45, 2.75) is 86.0 Å². The van der Waals surface area contributed by atoms with Gasteiger partial charge >= 0.3 is 0 Å². The van der Waals surface area contributed by atoms with E-state index in [2.05, 4.69) is 30.4 Å². The SMILES string of the molecule is CCn1nc(C)cc1C(=O)Cc1nc2cc(C(N)=O)cc(OCCCN3CCCCC3)c2n1C/C=C/Cn1c(NC(=O)c2cc(C)nn2CC)nc2cc(C(N)=O)cnc21. The van der Waals surface area contributed by atoms with E-state index < -0.39 is 17.7 Å². The summed E-state index contributed by atoms with van der Waals surface area (Å²) in [5.41, 5.74) is 15.9. The molecule has 1 saturated heterocycles. The maximum Gasteiger partial charge on any atom is 0.276 e. The topological polar surface area (TPSA) is 229 Å². The van der Waals surface area contributed by atoms with Crippen LogP contribution in [0.1, 0.15) is 98.4 Å². The van der Waals surface area contributed by atoms with E-state index in [-0.39, 0.29) is 42.4 Å². The monoisotopic (exact) mass is 817 g/mol. The average molecular weight is 818 g/mol. The second kappa shape index (κ2) is 18.1. The first kappa shape index (κ1) is 41.5. The molecule has 5 N–H and O–H groups in total. The summed E-state index contributed by atoms with van der Waals surface area (Å²) in [7, 11) is 0. The highest BCUT2D eigenvalue weighted by molar-refractivity contribution is 6.03. The Kier molecular flexibility index (Phi) is 12.5. The molecule has 0 radical (unpaired) electrons. The van der Waals surface area contributed by atoms with Gasteiger partial charge in [0, 0.05) is 44.5 Å². The van der Waals surface area contributed by atoms with E-state index in [1.54, 1.807) is 38.2 Å². The van der Waals surface area contributed by atoms with Gasteiger partial charge in [0.05, 0.1) is 35.5 Å². The molecule has 18 heteroatoms. The number of piperidine rings is 1. The van der Waals surface area contributed by atoms with Gasteiger partial charge in [0.1, 0.15) is 34.0 Å². The molecule has 60 heavy (non-hydrogen) atoms. The minimum Gasteiger partial charge on any atom is -0.491 e. The van der Waals surface area contributed by atoms with Crippen LogP contribution in [0.5, 0.6) is 5.75 Å². The van der Waals surface area contributed by atoms with E-state index >= 15 is 0 Å². The molecule has 5 aromatic heterocycles. The zero-order valence-electron chi connectivity index (χ0n) is 34.5. The van der Waals surface area contributed by atoms with Crippen LogP contribution in [-0.4, -0.2) is 98.3 Å². The number of carbonyl (C=O) groups excluding carboxylic acids is 4. The minimum atomic E-state index is -0.656. The number of primary amides is 2. The van der Waals surface area contributed by atoms with Crippen molar-refractivity contribution in [3.63, 3.8) is 0 Å². The quantitative estimate of drug-likeness (QED) is 0.0632. The molecule has 314 valence electrons. The smallest absolute Gasteiger partial charge is 0.276 e. The van der Waals surface area contributed by atoms with Crippen LogP contribution in [0.2, 0.25) is 0 Å². The number of Topliss-reactive ketones (excluding diaryl/α,β-unsaturated/α-hetero) is 1. The van der Waals surface area contributed by atoms with Crippen molar-refractivity contribution in [1.82, 2.24) is 48.5 Å². The molecule has 6 aromatic rings. The van der Waals surface area contributed by atoms with Gasteiger partial charge in [0.25, 0.3) is 5.91 Å². The molecule has 0 atom stereocenters. The number of imidazole rings is 2. The molecule has 0 spiro atoms. The normalized spacial score (nSPS) is 13.5. The number of ketones is 1. The van der Waals surface area contributed by atoms with Crippen molar-refractivity contribution in [2.75, 3.05) is 31.6 Å². The highest BCUT2D eigenvalue weighted by atomic mass is 16.5. The van der Waals surface area contributed by atoms with Gasteiger partial charge in [0.2, 0.25) is 17.8 Å². The van der Waals surface area contributed by atoms with Crippen LogP contribution >= 0.6 is 0 Å². The molecule has 18 nitrogen and oxygen atoms in total. The summed E-state index contributed by atoms with van der Waals surface area (Å²) in [4.78, 5) is 68.4. The number of hydrogen-bond donors (Lipinski definition) is 3. The number of likely N-dealkylation sites (tertiary alicyclic amines) is 1. The Labute approximate surface area is 346 Å². The number of fused-ring (bicyclic) bond motifs is 2. The van der Waals surface area contributed by atoms with Crippen LogP contribution in [0.25, 0.3) is 22.2 Å². The van der Waals surface area contributed by atoms with Crippen molar-refractivity contribution in [1.29, 1.82) is 0 Å². The van der Waals surface area contributed by atoms with Gasteiger partial charge in [0.15, 0.2) is 11.4 Å². The highest BCUT2D eigenvalue weighted by Gasteiger charge is 2.23. The molecule has 0 bridgehead atoms. The van der Waals surface area contributed by atoms with Crippen molar-refractivity contribution in [2.24, 2.45) is 11.5 Å². The van der Waals surface area contributed by atoms with Gasteiger partial charge in [-0.2, -0.15) is 10.2 Å². The summed E-state index contributed by atoms with van der Waals surface area (Å²) in [6, 6.07) is 8.26. The van der Waals surface area contributed by atoms with Crippen molar-refractivity contribution in [3.8, 4) is 5.75 Å². The third kappa shape index (κ3) is 8.97. The Balaban J connectivity index is 1.22. The highest BCUT2D eigenvalue weighted by Crippen LogP contribution is 2.30. The molecular formula is C42H51N13O5. The van der Waals surface area contributed by atoms with Crippen molar-refractivity contribution >= 4 is 51.7 Å². The summed E-state index contributed by atoms with van der Waals surface area (Å²) < 4.78 is 13.3. The lowest BCUT2D eigenvalue weighted by molar-refractivity contribution is 0.0975. The summed E-state index contributed by atoms with van der Waals surface area (Å²) >= 11 is 0. The predicted molar refractivity (Wildman–Crippen MR) is 225 cm³/mol. The Morgan fingerprint density at radius 3 is 2.13 bits per heavy atom. The number of rotatable bonds is 18. The number of aryl methyl sites for hydroxylation is 4. The second-order valence-electron chi connectivity index (χ2n) is 14.9. The number of allylic oxidation sites excluding steroid dienone is 2. The molecule has 1 fully saturated rings. The maximum atomic E-state index is 13.9. The molecule has 1 aliphatic heterocycles. The van der Waals surface area contributed by atoms with Gasteiger partial charge < -0.3 is 25.7 Å². The second-order valence-corrected chi connectivity index (χ2v) is 14.9. The van der Waals surface area contributed by atoms with E-state index in [0.717, 1.165) is 31.7 Å². The van der Waals surface area contributed by atoms with E-state index in [4.69, 9.17) is 21.2 Å². The zero-order valence-corrected chi connectivity index (χ0v) is 34.5. The average Bonchev–Trinajstić information content (AvgIpc) is 4.00. The van der Waals surface area contributed by atoms with Crippen molar-refractivity contribution < 1.29 is 23.9 Å². The first-order valence-corrected chi connectivity index (χ1v) is 20.4. The maximum absolute atomic E-state index is 13.9. The summed E-state index contributed by atoms with van der Waals surface area (Å²) in [5.74, 6) is -0.742. The molecule has 3 amide bonds. The van der Waals surface area contributed by atoms with Gasteiger partial charge in [-0.05, 0) is 90.4 Å². The Hall–Kier alpha value is -6.69. The van der Waals surface area contributed by atoms with Gasteiger partial charge in [-0.25, -0.2) is 15.0 Å². The van der Waals surface area contributed by atoms with Gasteiger partial charge in [-0.15, -0.1) is 0 Å². The van der Waals surface area contributed by atoms with Crippen LogP contribution in [0.15, 0.2) is 48.7 Å². The molecule has 0 unspecified atom stereocenters. The third-order valence-corrected chi connectivity index (χ3v) is 10.6. The fraction of sp³-hybridized carbons (Fsp3) is 0.405. The number of nitrogens with zero attached hydrogens (tertiary/aromatic N) is 10. The van der Waals surface area contributed by atoms with E-state index in [1.165, 1.54) is 31.5 Å². The number of hydrogen-bond acceptors (Lipinski definition) is 11. The van der Waals surface area contributed by atoms with E-state index in [1.807, 2.05) is 44.4 Å². The minimum absolute atomic E-state index is 0.0454. The van der Waals surface area contributed by atoms with Gasteiger partial charge in [-0.1, -0.05) is 18.6 Å². The standard InChI is InChI=1S/C42H51N13O5/c1-5-54-32(19-26(3)49-54)34(56)24-36-46-30-21-28(38(43)57)23-35(60-18-12-15-51-13-8-7-9-14-51)37(30)52(36)16-10-11-17-53-40-31(22-29(25-45-40)39(44)58)47-42(53)48-41(59)33-20-27(4)50-55(33)6-2/h10-11,19-23,25H,5-9,12-18,24H2,1-4H3,(H2,43,57)(H2,44,58)(H,47,48,59)/b11-10+. The Morgan fingerprint density at radius 1 is 0.800 bits per heavy atom. The number of nitrogens with two attached hydrogens (primary N) is 2. The fourth-order valence-electron chi connectivity index (χ4n) is 7.67. The third-order valence-electron chi connectivity index (χ3n) is 10.6. The number of nitrogens with one attached hydrogen (secondary N) is 1. The number of ether oxygens (including phenoxy) is 1. The Morgan fingerprint density at radius 2 is 1.45 bits per heavy atom.